The van der Waals surface area contributed by atoms with Gasteiger partial charge in [0.15, 0.2) is 0 Å². The molecule has 5 nitrogen and oxygen atoms in total. The summed E-state index contributed by atoms with van der Waals surface area (Å²) >= 11 is 0. The second-order valence-electron chi connectivity index (χ2n) is 7.16. The first-order valence-electron chi connectivity index (χ1n) is 8.67. The number of carbonyl (C=O) groups excluding carboxylic acids is 1. The number of aliphatic carboxylic acids is 1. The third kappa shape index (κ3) is 3.40. The first-order chi connectivity index (χ1) is 11.5. The third-order valence-electron chi connectivity index (χ3n) is 5.48. The molecule has 1 aliphatic heterocycles. The van der Waals surface area contributed by atoms with E-state index in [-0.39, 0.29) is 17.7 Å². The van der Waals surface area contributed by atoms with Gasteiger partial charge in [-0.05, 0) is 29.9 Å². The second kappa shape index (κ2) is 6.83. The monoisotopic (exact) mass is 331 g/mol. The van der Waals surface area contributed by atoms with Gasteiger partial charge in [-0.1, -0.05) is 31.4 Å². The van der Waals surface area contributed by atoms with Crippen molar-refractivity contribution in [2.24, 2.45) is 5.41 Å². The van der Waals surface area contributed by atoms with Gasteiger partial charge in [-0.3, -0.25) is 9.59 Å². The average molecular weight is 331 g/mol. The van der Waals surface area contributed by atoms with E-state index in [4.69, 9.17) is 4.74 Å². The Kier molecular flexibility index (Phi) is 4.78. The minimum absolute atomic E-state index is 0.0661. The van der Waals surface area contributed by atoms with Gasteiger partial charge in [0.1, 0.15) is 5.75 Å². The van der Waals surface area contributed by atoms with Crippen molar-refractivity contribution in [2.45, 2.75) is 58.0 Å². The number of hydrogen-bond donors (Lipinski definition) is 1. The van der Waals surface area contributed by atoms with Crippen LogP contribution in [0.2, 0.25) is 0 Å². The van der Waals surface area contributed by atoms with Crippen molar-refractivity contribution in [1.29, 1.82) is 0 Å². The number of hydrogen-bond acceptors (Lipinski definition) is 3. The fourth-order valence-corrected chi connectivity index (χ4v) is 4.23. The van der Waals surface area contributed by atoms with Crippen molar-refractivity contribution in [3.8, 4) is 5.75 Å². The van der Waals surface area contributed by atoms with Crippen LogP contribution in [0, 0.1) is 5.41 Å². The van der Waals surface area contributed by atoms with Crippen LogP contribution >= 0.6 is 0 Å². The number of rotatable bonds is 5. The largest absolute Gasteiger partial charge is 0.496 e. The molecule has 1 aromatic rings. The van der Waals surface area contributed by atoms with Crippen LogP contribution in [-0.4, -0.2) is 29.0 Å². The third-order valence-corrected chi connectivity index (χ3v) is 5.48. The molecule has 0 atom stereocenters. The van der Waals surface area contributed by atoms with E-state index in [1.54, 1.807) is 7.11 Å². The summed E-state index contributed by atoms with van der Waals surface area (Å²) in [6, 6.07) is 5.89. The maximum atomic E-state index is 12.9. The molecule has 2 aliphatic rings. The number of fused-ring (bicyclic) bond motifs is 1. The van der Waals surface area contributed by atoms with Crippen molar-refractivity contribution in [3.63, 3.8) is 0 Å². The highest BCUT2D eigenvalue weighted by Gasteiger charge is 2.38. The first-order valence-corrected chi connectivity index (χ1v) is 8.67. The van der Waals surface area contributed by atoms with Gasteiger partial charge in [-0.15, -0.1) is 0 Å². The zero-order chi connectivity index (χ0) is 17.2. The van der Waals surface area contributed by atoms with E-state index in [0.717, 1.165) is 49.0 Å². The summed E-state index contributed by atoms with van der Waals surface area (Å²) in [5.41, 5.74) is 1.84. The predicted octanol–water partition coefficient (Wildman–Crippen LogP) is 3.35. The molecule has 1 fully saturated rings. The number of methoxy groups -OCH3 is 1. The standard InChI is InChI=1S/C19H25NO4/c1-24-16-7-5-6-14-12-20(13-15(14)16)17(21)10-19(11-18(22)23)8-3-2-4-9-19/h5-7H,2-4,8-13H2,1H3,(H,22,23). The van der Waals surface area contributed by atoms with Crippen LogP contribution in [0.15, 0.2) is 18.2 Å². The molecule has 1 aliphatic carbocycles. The highest BCUT2D eigenvalue weighted by atomic mass is 16.5. The van der Waals surface area contributed by atoms with Crippen molar-refractivity contribution in [1.82, 2.24) is 4.90 Å². The van der Waals surface area contributed by atoms with E-state index < -0.39 is 5.97 Å². The van der Waals surface area contributed by atoms with Crippen LogP contribution in [0.1, 0.15) is 56.1 Å². The van der Waals surface area contributed by atoms with Gasteiger partial charge >= 0.3 is 5.97 Å². The Hall–Kier alpha value is -2.04. The van der Waals surface area contributed by atoms with Crippen LogP contribution in [0.3, 0.4) is 0 Å². The molecule has 5 heteroatoms. The lowest BCUT2D eigenvalue weighted by Gasteiger charge is -2.36. The Morgan fingerprint density at radius 1 is 1.17 bits per heavy atom. The maximum absolute atomic E-state index is 12.9. The highest BCUT2D eigenvalue weighted by molar-refractivity contribution is 5.79. The molecule has 1 heterocycles. The first kappa shape index (κ1) is 16.8. The number of ether oxygens (including phenoxy) is 1. The van der Waals surface area contributed by atoms with Gasteiger partial charge in [0.05, 0.1) is 13.5 Å². The molecule has 130 valence electrons. The van der Waals surface area contributed by atoms with Gasteiger partial charge < -0.3 is 14.7 Å². The number of carbonyl (C=O) groups is 2. The molecular formula is C19H25NO4. The SMILES string of the molecule is COc1cccc2c1CN(C(=O)CC1(CC(=O)O)CCCCC1)C2. The second-order valence-corrected chi connectivity index (χ2v) is 7.16. The van der Waals surface area contributed by atoms with Crippen LogP contribution in [0.25, 0.3) is 0 Å². The van der Waals surface area contributed by atoms with E-state index >= 15 is 0 Å². The van der Waals surface area contributed by atoms with Crippen molar-refractivity contribution < 1.29 is 19.4 Å². The molecule has 1 N–H and O–H groups in total. The minimum Gasteiger partial charge on any atom is -0.496 e. The molecule has 0 saturated heterocycles. The Balaban J connectivity index is 1.72. The smallest absolute Gasteiger partial charge is 0.303 e. The fraction of sp³-hybridized carbons (Fsp3) is 0.579. The van der Waals surface area contributed by atoms with E-state index in [1.165, 1.54) is 0 Å². The molecule has 0 radical (unpaired) electrons. The van der Waals surface area contributed by atoms with E-state index in [2.05, 4.69) is 0 Å². The predicted molar refractivity (Wildman–Crippen MR) is 89.6 cm³/mol. The number of carboxylic acid groups (broad SMARTS) is 1. The van der Waals surface area contributed by atoms with Crippen molar-refractivity contribution in [3.05, 3.63) is 29.3 Å². The molecule has 1 amide bonds. The van der Waals surface area contributed by atoms with Crippen LogP contribution in [-0.2, 0) is 22.7 Å². The summed E-state index contributed by atoms with van der Waals surface area (Å²) in [6.07, 6.45) is 5.31. The number of benzene rings is 1. The van der Waals surface area contributed by atoms with E-state index in [0.29, 0.717) is 19.5 Å². The Bertz CT molecular complexity index is 634. The van der Waals surface area contributed by atoms with Gasteiger partial charge in [0.25, 0.3) is 0 Å². The Labute approximate surface area is 142 Å². The summed E-state index contributed by atoms with van der Waals surface area (Å²) in [4.78, 5) is 26.0. The van der Waals surface area contributed by atoms with Crippen molar-refractivity contribution in [2.75, 3.05) is 7.11 Å². The Morgan fingerprint density at radius 2 is 1.92 bits per heavy atom. The normalized spacial score (nSPS) is 19.0. The van der Waals surface area contributed by atoms with Crippen LogP contribution in [0.4, 0.5) is 0 Å². The summed E-state index contributed by atoms with van der Waals surface area (Å²) in [6.45, 7) is 1.15. The van der Waals surface area contributed by atoms with Gasteiger partial charge in [-0.25, -0.2) is 0 Å². The summed E-state index contributed by atoms with van der Waals surface area (Å²) in [7, 11) is 1.64. The molecule has 3 rings (SSSR count). The number of nitrogens with zero attached hydrogens (tertiary/aromatic N) is 1. The highest BCUT2D eigenvalue weighted by Crippen LogP contribution is 2.43. The van der Waals surface area contributed by atoms with E-state index in [1.807, 2.05) is 23.1 Å². The van der Waals surface area contributed by atoms with Gasteiger partial charge in [0, 0.05) is 25.1 Å². The van der Waals surface area contributed by atoms with Crippen LogP contribution < -0.4 is 4.74 Å². The molecular weight excluding hydrogens is 306 g/mol. The molecule has 1 aromatic carbocycles. The topological polar surface area (TPSA) is 66.8 Å². The number of amides is 1. The minimum atomic E-state index is -0.795. The lowest BCUT2D eigenvalue weighted by atomic mass is 9.69. The molecule has 24 heavy (non-hydrogen) atoms. The van der Waals surface area contributed by atoms with Gasteiger partial charge in [-0.2, -0.15) is 0 Å². The van der Waals surface area contributed by atoms with Crippen molar-refractivity contribution >= 4 is 11.9 Å². The lowest BCUT2D eigenvalue weighted by Crippen LogP contribution is -2.35. The fourth-order valence-electron chi connectivity index (χ4n) is 4.23. The lowest BCUT2D eigenvalue weighted by molar-refractivity contribution is -0.142. The zero-order valence-corrected chi connectivity index (χ0v) is 14.2. The maximum Gasteiger partial charge on any atom is 0.303 e. The Morgan fingerprint density at radius 3 is 2.58 bits per heavy atom. The summed E-state index contributed by atoms with van der Waals surface area (Å²) in [5.74, 6) is 0.0909. The van der Waals surface area contributed by atoms with Gasteiger partial charge in [0.2, 0.25) is 5.91 Å². The molecule has 0 aromatic heterocycles. The van der Waals surface area contributed by atoms with E-state index in [9.17, 15) is 14.7 Å². The summed E-state index contributed by atoms with van der Waals surface area (Å²) in [5, 5.41) is 9.28. The summed E-state index contributed by atoms with van der Waals surface area (Å²) < 4.78 is 5.39. The quantitative estimate of drug-likeness (QED) is 0.898. The van der Waals surface area contributed by atoms with Crippen LogP contribution in [0.5, 0.6) is 5.75 Å². The molecule has 1 saturated carbocycles. The zero-order valence-electron chi connectivity index (χ0n) is 14.2. The molecule has 0 spiro atoms. The molecule has 0 bridgehead atoms. The average Bonchev–Trinajstić information content (AvgIpc) is 2.99. The number of carboxylic acids is 1. The molecule has 0 unspecified atom stereocenters.